The molecular formula is C21H20BrN. The first kappa shape index (κ1) is 14.8. The normalized spacial score (nSPS) is 13.8. The van der Waals surface area contributed by atoms with Crippen LogP contribution >= 0.6 is 15.9 Å². The molecule has 1 aromatic heterocycles. The number of hydrogen-bond donors (Lipinski definition) is 0. The highest BCUT2D eigenvalue weighted by Gasteiger charge is 2.20. The molecule has 0 fully saturated rings. The quantitative estimate of drug-likeness (QED) is 0.548. The number of fused-ring (bicyclic) bond motifs is 1. The lowest BCUT2D eigenvalue weighted by molar-refractivity contribution is 0.633. The van der Waals surface area contributed by atoms with Gasteiger partial charge in [0.15, 0.2) is 0 Å². The molecule has 1 aliphatic carbocycles. The second kappa shape index (κ2) is 6.37. The van der Waals surface area contributed by atoms with E-state index in [1.165, 1.54) is 58.2 Å². The van der Waals surface area contributed by atoms with Gasteiger partial charge in [-0.2, -0.15) is 0 Å². The lowest BCUT2D eigenvalue weighted by Crippen LogP contribution is -2.10. The Balaban J connectivity index is 1.85. The van der Waals surface area contributed by atoms with Crippen molar-refractivity contribution in [2.45, 2.75) is 32.2 Å². The largest absolute Gasteiger partial charge is 0.340 e. The topological polar surface area (TPSA) is 4.93 Å². The summed E-state index contributed by atoms with van der Waals surface area (Å²) in [5, 5.41) is 0. The Morgan fingerprint density at radius 2 is 1.61 bits per heavy atom. The maximum Gasteiger partial charge on any atom is 0.0499 e. The van der Waals surface area contributed by atoms with Crippen molar-refractivity contribution in [1.29, 1.82) is 0 Å². The lowest BCUT2D eigenvalue weighted by Gasteiger charge is -2.18. The van der Waals surface area contributed by atoms with Crippen LogP contribution in [0.2, 0.25) is 0 Å². The second-order valence-corrected chi connectivity index (χ2v) is 7.11. The Morgan fingerprint density at radius 3 is 2.43 bits per heavy atom. The van der Waals surface area contributed by atoms with Crippen molar-refractivity contribution in [3.8, 4) is 11.3 Å². The van der Waals surface area contributed by atoms with Crippen LogP contribution in [0.4, 0.5) is 0 Å². The summed E-state index contributed by atoms with van der Waals surface area (Å²) in [6.45, 7) is 0.951. The Morgan fingerprint density at radius 1 is 0.870 bits per heavy atom. The third-order valence-electron chi connectivity index (χ3n) is 4.74. The molecule has 0 atom stereocenters. The first-order valence-electron chi connectivity index (χ1n) is 8.33. The Kier molecular flexibility index (Phi) is 4.09. The number of halogens is 1. The summed E-state index contributed by atoms with van der Waals surface area (Å²) < 4.78 is 3.70. The van der Waals surface area contributed by atoms with Crippen molar-refractivity contribution < 1.29 is 0 Å². The SMILES string of the molecule is Brc1ccccc1-c1cc2c(n1Cc1ccccc1)CCCC2. The molecule has 0 saturated heterocycles. The maximum atomic E-state index is 3.73. The smallest absolute Gasteiger partial charge is 0.0499 e. The van der Waals surface area contributed by atoms with E-state index < -0.39 is 0 Å². The van der Waals surface area contributed by atoms with Gasteiger partial charge in [-0.15, -0.1) is 0 Å². The van der Waals surface area contributed by atoms with Crippen LogP contribution in [-0.2, 0) is 19.4 Å². The van der Waals surface area contributed by atoms with Crippen LogP contribution in [0.15, 0.2) is 65.1 Å². The molecule has 0 N–H and O–H groups in total. The Labute approximate surface area is 146 Å². The van der Waals surface area contributed by atoms with E-state index in [2.05, 4.69) is 81.2 Å². The fourth-order valence-corrected chi connectivity index (χ4v) is 4.09. The predicted octanol–water partition coefficient (Wildman–Crippen LogP) is 5.84. The predicted molar refractivity (Wildman–Crippen MR) is 99.8 cm³/mol. The molecule has 116 valence electrons. The molecular weight excluding hydrogens is 346 g/mol. The highest BCUT2D eigenvalue weighted by atomic mass is 79.9. The lowest BCUT2D eigenvalue weighted by atomic mass is 9.98. The van der Waals surface area contributed by atoms with Gasteiger partial charge in [0.1, 0.15) is 0 Å². The average Bonchev–Trinajstić information content (AvgIpc) is 2.95. The molecule has 0 aliphatic heterocycles. The molecule has 2 heteroatoms. The first-order valence-corrected chi connectivity index (χ1v) is 9.12. The third kappa shape index (κ3) is 2.88. The molecule has 0 saturated carbocycles. The van der Waals surface area contributed by atoms with Gasteiger partial charge in [0.2, 0.25) is 0 Å². The molecule has 0 amide bonds. The summed E-state index contributed by atoms with van der Waals surface area (Å²) in [5.74, 6) is 0. The van der Waals surface area contributed by atoms with Gasteiger partial charge >= 0.3 is 0 Å². The van der Waals surface area contributed by atoms with Crippen molar-refractivity contribution in [2.24, 2.45) is 0 Å². The standard InChI is InChI=1S/C21H20BrN/c22-19-12-6-5-11-18(19)21-14-17-10-4-7-13-20(17)23(21)15-16-8-2-1-3-9-16/h1-3,5-6,8-9,11-12,14H,4,7,10,13,15H2. The van der Waals surface area contributed by atoms with Gasteiger partial charge < -0.3 is 4.57 Å². The zero-order valence-electron chi connectivity index (χ0n) is 13.1. The van der Waals surface area contributed by atoms with E-state index in [0.29, 0.717) is 0 Å². The van der Waals surface area contributed by atoms with E-state index >= 15 is 0 Å². The van der Waals surface area contributed by atoms with Crippen molar-refractivity contribution in [3.63, 3.8) is 0 Å². The van der Waals surface area contributed by atoms with E-state index in [1.54, 1.807) is 0 Å². The Hall–Kier alpha value is -1.80. The highest BCUT2D eigenvalue weighted by molar-refractivity contribution is 9.10. The van der Waals surface area contributed by atoms with Gasteiger partial charge in [0.25, 0.3) is 0 Å². The minimum atomic E-state index is 0.951. The number of aromatic nitrogens is 1. The van der Waals surface area contributed by atoms with E-state index in [1.807, 2.05) is 0 Å². The number of nitrogens with zero attached hydrogens (tertiary/aromatic N) is 1. The van der Waals surface area contributed by atoms with Crippen LogP contribution in [0.3, 0.4) is 0 Å². The number of hydrogen-bond acceptors (Lipinski definition) is 0. The van der Waals surface area contributed by atoms with Crippen molar-refractivity contribution in [3.05, 3.63) is 82.0 Å². The third-order valence-corrected chi connectivity index (χ3v) is 5.43. The zero-order chi connectivity index (χ0) is 15.6. The van der Waals surface area contributed by atoms with E-state index in [0.717, 1.165) is 6.54 Å². The summed E-state index contributed by atoms with van der Waals surface area (Å²) in [7, 11) is 0. The van der Waals surface area contributed by atoms with Crippen molar-refractivity contribution in [1.82, 2.24) is 4.57 Å². The van der Waals surface area contributed by atoms with Crippen LogP contribution in [0.1, 0.15) is 29.7 Å². The fourth-order valence-electron chi connectivity index (χ4n) is 3.60. The zero-order valence-corrected chi connectivity index (χ0v) is 14.7. The van der Waals surface area contributed by atoms with Gasteiger partial charge in [-0.05, 0) is 48.9 Å². The van der Waals surface area contributed by atoms with Gasteiger partial charge in [0, 0.05) is 28.0 Å². The molecule has 2 aromatic carbocycles. The van der Waals surface area contributed by atoms with Crippen LogP contribution in [0, 0.1) is 0 Å². The number of rotatable bonds is 3. The van der Waals surface area contributed by atoms with Crippen LogP contribution in [-0.4, -0.2) is 4.57 Å². The van der Waals surface area contributed by atoms with Gasteiger partial charge in [-0.3, -0.25) is 0 Å². The highest BCUT2D eigenvalue weighted by Crippen LogP contribution is 2.35. The van der Waals surface area contributed by atoms with Crippen LogP contribution < -0.4 is 0 Å². The van der Waals surface area contributed by atoms with E-state index in [4.69, 9.17) is 0 Å². The molecule has 0 radical (unpaired) electrons. The molecule has 0 bridgehead atoms. The van der Waals surface area contributed by atoms with Crippen LogP contribution in [0.25, 0.3) is 11.3 Å². The molecule has 1 aliphatic rings. The second-order valence-electron chi connectivity index (χ2n) is 6.26. The van der Waals surface area contributed by atoms with E-state index in [-0.39, 0.29) is 0 Å². The minimum absolute atomic E-state index is 0.951. The van der Waals surface area contributed by atoms with Gasteiger partial charge in [0.05, 0.1) is 0 Å². The molecule has 23 heavy (non-hydrogen) atoms. The summed E-state index contributed by atoms with van der Waals surface area (Å²) in [6.07, 6.45) is 5.04. The summed E-state index contributed by atoms with van der Waals surface area (Å²) in [4.78, 5) is 0. The molecule has 1 heterocycles. The fraction of sp³-hybridized carbons (Fsp3) is 0.238. The molecule has 0 spiro atoms. The monoisotopic (exact) mass is 365 g/mol. The summed E-state index contributed by atoms with van der Waals surface area (Å²) >= 11 is 3.73. The number of aryl methyl sites for hydroxylation is 1. The van der Waals surface area contributed by atoms with Gasteiger partial charge in [-0.1, -0.05) is 64.5 Å². The maximum absolute atomic E-state index is 3.73. The number of benzene rings is 2. The first-order chi connectivity index (χ1) is 11.3. The van der Waals surface area contributed by atoms with Crippen molar-refractivity contribution >= 4 is 15.9 Å². The molecule has 4 rings (SSSR count). The minimum Gasteiger partial charge on any atom is -0.340 e. The molecule has 1 nitrogen and oxygen atoms in total. The van der Waals surface area contributed by atoms with Crippen molar-refractivity contribution in [2.75, 3.05) is 0 Å². The summed E-state index contributed by atoms with van der Waals surface area (Å²) in [5.41, 5.74) is 7.07. The van der Waals surface area contributed by atoms with E-state index in [9.17, 15) is 0 Å². The average molecular weight is 366 g/mol. The summed E-state index contributed by atoms with van der Waals surface area (Å²) in [6, 6.07) is 21.8. The molecule has 3 aromatic rings. The van der Waals surface area contributed by atoms with Gasteiger partial charge in [-0.25, -0.2) is 0 Å². The Bertz CT molecular complexity index is 817. The van der Waals surface area contributed by atoms with Crippen LogP contribution in [0.5, 0.6) is 0 Å². The molecule has 0 unspecified atom stereocenters.